The van der Waals surface area contributed by atoms with E-state index in [1.165, 1.54) is 18.2 Å². The van der Waals surface area contributed by atoms with E-state index in [1.807, 2.05) is 6.92 Å². The third-order valence-electron chi connectivity index (χ3n) is 2.96. The molecule has 0 heterocycles. The van der Waals surface area contributed by atoms with E-state index in [0.717, 1.165) is 12.8 Å². The lowest BCUT2D eigenvalue weighted by Gasteiger charge is -2.11. The molecule has 1 amide bonds. The Labute approximate surface area is 127 Å². The van der Waals surface area contributed by atoms with E-state index < -0.39 is 6.61 Å². The van der Waals surface area contributed by atoms with Crippen molar-refractivity contribution in [1.82, 2.24) is 0 Å². The van der Waals surface area contributed by atoms with E-state index in [2.05, 4.69) is 10.1 Å². The molecule has 0 aromatic heterocycles. The molecule has 1 rings (SSSR count). The molecule has 7 heteroatoms. The van der Waals surface area contributed by atoms with Gasteiger partial charge in [0.25, 0.3) is 0 Å². The molecule has 21 heavy (non-hydrogen) atoms. The SMILES string of the molecule is CC(CCN)CCC(=O)Nc1ccc(OC(F)F)c(Cl)c1. The monoisotopic (exact) mass is 320 g/mol. The molecule has 0 bridgehead atoms. The Morgan fingerprint density at radius 3 is 2.71 bits per heavy atom. The summed E-state index contributed by atoms with van der Waals surface area (Å²) < 4.78 is 28.4. The van der Waals surface area contributed by atoms with Crippen molar-refractivity contribution >= 4 is 23.2 Å². The number of hydrogen-bond donors (Lipinski definition) is 2. The van der Waals surface area contributed by atoms with Gasteiger partial charge in [-0.1, -0.05) is 18.5 Å². The first-order chi connectivity index (χ1) is 9.92. The molecule has 0 aliphatic rings. The Kier molecular flexibility index (Phi) is 7.39. The largest absolute Gasteiger partial charge is 0.433 e. The summed E-state index contributed by atoms with van der Waals surface area (Å²) in [6.07, 6.45) is 1.98. The van der Waals surface area contributed by atoms with Crippen LogP contribution < -0.4 is 15.8 Å². The van der Waals surface area contributed by atoms with Crippen molar-refractivity contribution in [3.05, 3.63) is 23.2 Å². The number of nitrogens with two attached hydrogens (primary N) is 1. The Bertz CT molecular complexity index is 472. The Morgan fingerprint density at radius 1 is 1.43 bits per heavy atom. The minimum absolute atomic E-state index is 0.0181. The van der Waals surface area contributed by atoms with Gasteiger partial charge in [-0.3, -0.25) is 4.79 Å². The average Bonchev–Trinajstić information content (AvgIpc) is 2.39. The number of ether oxygens (including phenoxy) is 1. The third-order valence-corrected chi connectivity index (χ3v) is 3.25. The number of alkyl halides is 2. The molecule has 118 valence electrons. The molecular weight excluding hydrogens is 302 g/mol. The number of carbonyl (C=O) groups excluding carboxylic acids is 1. The van der Waals surface area contributed by atoms with Crippen molar-refractivity contribution in [2.45, 2.75) is 32.8 Å². The summed E-state index contributed by atoms with van der Waals surface area (Å²) in [6.45, 7) is -0.302. The zero-order chi connectivity index (χ0) is 15.8. The standard InChI is InChI=1S/C14H19ClF2N2O2/c1-9(6-7-18)2-5-13(20)19-10-3-4-12(11(15)8-10)21-14(16)17/h3-4,8-9,14H,2,5-7,18H2,1H3,(H,19,20). The number of benzene rings is 1. The van der Waals surface area contributed by atoms with Gasteiger partial charge in [-0.2, -0.15) is 8.78 Å². The predicted molar refractivity (Wildman–Crippen MR) is 78.8 cm³/mol. The molecule has 1 atom stereocenters. The first-order valence-corrected chi connectivity index (χ1v) is 7.04. The number of carbonyl (C=O) groups is 1. The van der Waals surface area contributed by atoms with Gasteiger partial charge >= 0.3 is 6.61 Å². The summed E-state index contributed by atoms with van der Waals surface area (Å²) in [5, 5.41) is 2.68. The number of rotatable bonds is 8. The van der Waals surface area contributed by atoms with E-state index >= 15 is 0 Å². The van der Waals surface area contributed by atoms with Crippen LogP contribution in [0.4, 0.5) is 14.5 Å². The number of hydrogen-bond acceptors (Lipinski definition) is 3. The van der Waals surface area contributed by atoms with Crippen molar-refractivity contribution < 1.29 is 18.3 Å². The second-order valence-electron chi connectivity index (χ2n) is 4.79. The van der Waals surface area contributed by atoms with E-state index in [0.29, 0.717) is 24.6 Å². The lowest BCUT2D eigenvalue weighted by Crippen LogP contribution is -2.14. The second-order valence-corrected chi connectivity index (χ2v) is 5.20. The zero-order valence-corrected chi connectivity index (χ0v) is 12.5. The molecule has 0 spiro atoms. The topological polar surface area (TPSA) is 64.4 Å². The summed E-state index contributed by atoms with van der Waals surface area (Å²) in [5.74, 6) is 0.102. The van der Waals surface area contributed by atoms with Crippen molar-refractivity contribution in [2.75, 3.05) is 11.9 Å². The number of halogens is 3. The highest BCUT2D eigenvalue weighted by molar-refractivity contribution is 6.32. The van der Waals surface area contributed by atoms with E-state index in [9.17, 15) is 13.6 Å². The van der Waals surface area contributed by atoms with Gasteiger partial charge in [0, 0.05) is 12.1 Å². The normalized spacial score (nSPS) is 12.3. The van der Waals surface area contributed by atoms with Gasteiger partial charge in [0.2, 0.25) is 5.91 Å². The van der Waals surface area contributed by atoms with Crippen LogP contribution in [0.25, 0.3) is 0 Å². The third kappa shape index (κ3) is 6.73. The lowest BCUT2D eigenvalue weighted by atomic mass is 10.0. The lowest BCUT2D eigenvalue weighted by molar-refractivity contribution is -0.116. The molecule has 3 N–H and O–H groups in total. The molecule has 1 aromatic carbocycles. The molecular formula is C14H19ClF2N2O2. The van der Waals surface area contributed by atoms with Gasteiger partial charge < -0.3 is 15.8 Å². The summed E-state index contributed by atoms with van der Waals surface area (Å²) >= 11 is 5.80. The highest BCUT2D eigenvalue weighted by Gasteiger charge is 2.11. The van der Waals surface area contributed by atoms with Crippen molar-refractivity contribution in [3.63, 3.8) is 0 Å². The summed E-state index contributed by atoms with van der Waals surface area (Å²) in [7, 11) is 0. The van der Waals surface area contributed by atoms with Gasteiger partial charge in [-0.25, -0.2) is 0 Å². The van der Waals surface area contributed by atoms with Crippen LogP contribution in [-0.2, 0) is 4.79 Å². The van der Waals surface area contributed by atoms with Crippen LogP contribution >= 0.6 is 11.6 Å². The quantitative estimate of drug-likeness (QED) is 0.768. The average molecular weight is 321 g/mol. The molecule has 0 saturated carbocycles. The van der Waals surface area contributed by atoms with Crippen molar-refractivity contribution in [2.24, 2.45) is 11.7 Å². The van der Waals surface area contributed by atoms with Gasteiger partial charge in [-0.15, -0.1) is 0 Å². The van der Waals surface area contributed by atoms with Gasteiger partial charge in [-0.05, 0) is 43.5 Å². The van der Waals surface area contributed by atoms with Crippen LogP contribution in [0.3, 0.4) is 0 Å². The van der Waals surface area contributed by atoms with Crippen LogP contribution in [0.5, 0.6) is 5.75 Å². The fraction of sp³-hybridized carbons (Fsp3) is 0.500. The van der Waals surface area contributed by atoms with Gasteiger partial charge in [0.1, 0.15) is 5.75 Å². The zero-order valence-electron chi connectivity index (χ0n) is 11.7. The fourth-order valence-electron chi connectivity index (χ4n) is 1.80. The van der Waals surface area contributed by atoms with Crippen LogP contribution in [-0.4, -0.2) is 19.1 Å². The fourth-order valence-corrected chi connectivity index (χ4v) is 2.03. The number of nitrogens with one attached hydrogen (secondary N) is 1. The maximum Gasteiger partial charge on any atom is 0.387 e. The molecule has 0 aliphatic carbocycles. The molecule has 0 aliphatic heterocycles. The van der Waals surface area contributed by atoms with Crippen molar-refractivity contribution in [3.8, 4) is 5.75 Å². The van der Waals surface area contributed by atoms with Gasteiger partial charge in [0.05, 0.1) is 5.02 Å². The first kappa shape index (κ1) is 17.7. The molecule has 0 saturated heterocycles. The molecule has 1 unspecified atom stereocenters. The molecule has 1 aromatic rings. The number of anilines is 1. The summed E-state index contributed by atoms with van der Waals surface area (Å²) in [4.78, 5) is 11.8. The van der Waals surface area contributed by atoms with Gasteiger partial charge in [0.15, 0.2) is 0 Å². The van der Waals surface area contributed by atoms with Crippen LogP contribution in [0.15, 0.2) is 18.2 Å². The van der Waals surface area contributed by atoms with Crippen molar-refractivity contribution in [1.29, 1.82) is 0 Å². The minimum Gasteiger partial charge on any atom is -0.433 e. The molecule has 4 nitrogen and oxygen atoms in total. The maximum absolute atomic E-state index is 12.1. The smallest absolute Gasteiger partial charge is 0.387 e. The molecule has 0 radical (unpaired) electrons. The Morgan fingerprint density at radius 2 is 2.14 bits per heavy atom. The van der Waals surface area contributed by atoms with E-state index in [-0.39, 0.29) is 16.7 Å². The Hall–Kier alpha value is -1.40. The summed E-state index contributed by atoms with van der Waals surface area (Å²) in [5.41, 5.74) is 5.89. The minimum atomic E-state index is -2.94. The van der Waals surface area contributed by atoms with Crippen LogP contribution in [0.2, 0.25) is 5.02 Å². The first-order valence-electron chi connectivity index (χ1n) is 6.66. The van der Waals surface area contributed by atoms with E-state index in [1.54, 1.807) is 0 Å². The van der Waals surface area contributed by atoms with Crippen LogP contribution in [0.1, 0.15) is 26.2 Å². The van der Waals surface area contributed by atoms with Crippen LogP contribution in [0, 0.1) is 5.92 Å². The number of amides is 1. The highest BCUT2D eigenvalue weighted by atomic mass is 35.5. The second kappa shape index (κ2) is 8.79. The van der Waals surface area contributed by atoms with E-state index in [4.69, 9.17) is 17.3 Å². The highest BCUT2D eigenvalue weighted by Crippen LogP contribution is 2.29. The Balaban J connectivity index is 2.51. The molecule has 0 fully saturated rings. The predicted octanol–water partition coefficient (Wildman–Crippen LogP) is 3.65. The maximum atomic E-state index is 12.1. The summed E-state index contributed by atoms with van der Waals surface area (Å²) in [6, 6.07) is 4.13.